The van der Waals surface area contributed by atoms with Crippen molar-refractivity contribution in [3.63, 3.8) is 0 Å². The molecule has 1 aliphatic carbocycles. The number of nitrogens with zero attached hydrogens (tertiary/aromatic N) is 2. The molecule has 2 aromatic rings. The highest BCUT2D eigenvalue weighted by molar-refractivity contribution is 9.10. The lowest BCUT2D eigenvalue weighted by molar-refractivity contribution is 0.456. The molecule has 4 nitrogen and oxygen atoms in total. The van der Waals surface area contributed by atoms with Crippen molar-refractivity contribution in [3.05, 3.63) is 45.6 Å². The first-order valence-corrected chi connectivity index (χ1v) is 7.62. The van der Waals surface area contributed by atoms with Crippen LogP contribution in [0.4, 0.5) is 5.69 Å². The van der Waals surface area contributed by atoms with Crippen LogP contribution in [0, 0.1) is 11.3 Å². The third-order valence-corrected chi connectivity index (χ3v) is 3.95. The summed E-state index contributed by atoms with van der Waals surface area (Å²) in [6.45, 7) is 0. The number of nitriles is 1. The van der Waals surface area contributed by atoms with Gasteiger partial charge in [0.1, 0.15) is 17.4 Å². The molecule has 0 fully saturated rings. The van der Waals surface area contributed by atoms with Gasteiger partial charge in [-0.2, -0.15) is 5.26 Å². The van der Waals surface area contributed by atoms with Crippen LogP contribution in [0.3, 0.4) is 0 Å². The first kappa shape index (κ1) is 13.9. The molecule has 0 saturated carbocycles. The Balaban J connectivity index is 1.99. The second-order valence-corrected chi connectivity index (χ2v) is 6.00. The fourth-order valence-corrected chi connectivity index (χ4v) is 3.02. The van der Waals surface area contributed by atoms with Gasteiger partial charge in [0.2, 0.25) is 5.88 Å². The van der Waals surface area contributed by atoms with Crippen molar-refractivity contribution in [3.8, 4) is 17.7 Å². The minimum absolute atomic E-state index is 0.357. The molecule has 106 valence electrons. The third kappa shape index (κ3) is 3.01. The summed E-state index contributed by atoms with van der Waals surface area (Å²) in [5.74, 6) is 0.928. The molecule has 0 amide bonds. The second-order valence-electron chi connectivity index (χ2n) is 5.09. The Morgan fingerprint density at radius 2 is 2.00 bits per heavy atom. The van der Waals surface area contributed by atoms with Gasteiger partial charge >= 0.3 is 0 Å². The molecular weight excluding hydrogens is 330 g/mol. The van der Waals surface area contributed by atoms with E-state index < -0.39 is 0 Å². The van der Waals surface area contributed by atoms with Crippen LogP contribution < -0.4 is 10.5 Å². The summed E-state index contributed by atoms with van der Waals surface area (Å²) in [6, 6.07) is 9.38. The van der Waals surface area contributed by atoms with Crippen LogP contribution in [0.2, 0.25) is 0 Å². The average Bonchev–Trinajstić information content (AvgIpc) is 2.45. The minimum Gasteiger partial charge on any atom is -0.438 e. The number of aryl methyl sites for hydroxylation is 2. The van der Waals surface area contributed by atoms with E-state index in [1.165, 1.54) is 5.56 Å². The van der Waals surface area contributed by atoms with Crippen LogP contribution in [0.15, 0.2) is 28.7 Å². The van der Waals surface area contributed by atoms with Gasteiger partial charge in [-0.05, 0) is 49.4 Å². The van der Waals surface area contributed by atoms with Crippen molar-refractivity contribution < 1.29 is 4.74 Å². The number of benzene rings is 1. The molecule has 0 aliphatic heterocycles. The first-order valence-electron chi connectivity index (χ1n) is 6.82. The van der Waals surface area contributed by atoms with Crippen LogP contribution >= 0.6 is 15.9 Å². The van der Waals surface area contributed by atoms with Gasteiger partial charge in [0, 0.05) is 21.9 Å². The number of nitrogen functional groups attached to an aromatic ring is 1. The molecule has 0 unspecified atom stereocenters. The maximum absolute atomic E-state index is 9.30. The predicted molar refractivity (Wildman–Crippen MR) is 84.2 cm³/mol. The number of hydrogen-bond donors (Lipinski definition) is 1. The van der Waals surface area contributed by atoms with Crippen molar-refractivity contribution in [2.24, 2.45) is 0 Å². The normalized spacial score (nSPS) is 13.3. The average molecular weight is 344 g/mol. The lowest BCUT2D eigenvalue weighted by Gasteiger charge is -2.17. The van der Waals surface area contributed by atoms with Crippen molar-refractivity contribution in [1.82, 2.24) is 4.98 Å². The van der Waals surface area contributed by atoms with Gasteiger partial charge in [-0.1, -0.05) is 15.9 Å². The molecule has 1 aliphatic rings. The van der Waals surface area contributed by atoms with Crippen LogP contribution in [0.1, 0.15) is 29.7 Å². The number of pyridine rings is 1. The number of halogens is 1. The Labute approximate surface area is 131 Å². The molecule has 5 heteroatoms. The molecule has 21 heavy (non-hydrogen) atoms. The first-order chi connectivity index (χ1) is 10.2. The van der Waals surface area contributed by atoms with Gasteiger partial charge in [0.05, 0.1) is 0 Å². The zero-order valence-electron chi connectivity index (χ0n) is 11.4. The van der Waals surface area contributed by atoms with Gasteiger partial charge < -0.3 is 10.5 Å². The number of rotatable bonds is 2. The number of aromatic nitrogens is 1. The summed E-state index contributed by atoms with van der Waals surface area (Å²) in [6.07, 6.45) is 4.22. The maximum Gasteiger partial charge on any atom is 0.237 e. The van der Waals surface area contributed by atoms with Crippen molar-refractivity contribution in [2.45, 2.75) is 25.7 Å². The van der Waals surface area contributed by atoms with Gasteiger partial charge in [-0.3, -0.25) is 0 Å². The number of fused-ring (bicyclic) bond motifs is 1. The molecule has 1 aromatic carbocycles. The monoisotopic (exact) mass is 343 g/mol. The highest BCUT2D eigenvalue weighted by Crippen LogP contribution is 2.31. The van der Waals surface area contributed by atoms with E-state index in [1.807, 2.05) is 6.07 Å². The lowest BCUT2D eigenvalue weighted by Crippen LogP contribution is -2.07. The van der Waals surface area contributed by atoms with Crippen LogP contribution in [-0.2, 0) is 12.8 Å². The van der Waals surface area contributed by atoms with E-state index in [1.54, 1.807) is 18.2 Å². The molecule has 0 atom stereocenters. The molecule has 0 radical (unpaired) electrons. The summed E-state index contributed by atoms with van der Waals surface area (Å²) in [4.78, 5) is 4.54. The third-order valence-electron chi connectivity index (χ3n) is 3.49. The SMILES string of the molecule is N#Cc1cc2c(nc1Oc1cc(N)cc(Br)c1)CCCC2. The van der Waals surface area contributed by atoms with Gasteiger partial charge in [0.25, 0.3) is 0 Å². The number of ether oxygens (including phenoxy) is 1. The summed E-state index contributed by atoms with van der Waals surface area (Å²) in [5, 5.41) is 9.30. The molecule has 0 saturated heterocycles. The van der Waals surface area contributed by atoms with E-state index in [2.05, 4.69) is 27.0 Å². The van der Waals surface area contributed by atoms with Crippen LogP contribution in [-0.4, -0.2) is 4.98 Å². The quantitative estimate of drug-likeness (QED) is 0.837. The number of anilines is 1. The molecule has 0 spiro atoms. The van der Waals surface area contributed by atoms with Crippen LogP contribution in [0.5, 0.6) is 11.6 Å². The fraction of sp³-hybridized carbons (Fsp3) is 0.250. The van der Waals surface area contributed by atoms with E-state index in [9.17, 15) is 5.26 Å². The van der Waals surface area contributed by atoms with Gasteiger partial charge in [-0.15, -0.1) is 0 Å². The Morgan fingerprint density at radius 3 is 2.76 bits per heavy atom. The molecule has 3 rings (SSSR count). The zero-order valence-corrected chi connectivity index (χ0v) is 13.0. The Kier molecular flexibility index (Phi) is 3.80. The second kappa shape index (κ2) is 5.74. The molecular formula is C16H14BrN3O. The highest BCUT2D eigenvalue weighted by Gasteiger charge is 2.16. The summed E-state index contributed by atoms with van der Waals surface area (Å²) < 4.78 is 6.61. The predicted octanol–water partition coefficient (Wildman–Crippen LogP) is 3.97. The molecule has 1 heterocycles. The van der Waals surface area contributed by atoms with Gasteiger partial charge in [0.15, 0.2) is 0 Å². The highest BCUT2D eigenvalue weighted by atomic mass is 79.9. The van der Waals surface area contributed by atoms with Gasteiger partial charge in [-0.25, -0.2) is 4.98 Å². The largest absolute Gasteiger partial charge is 0.438 e. The topological polar surface area (TPSA) is 71.9 Å². The summed E-state index contributed by atoms with van der Waals surface area (Å²) in [5.41, 5.74) is 9.06. The molecule has 1 aromatic heterocycles. The van der Waals surface area contributed by atoms with E-state index in [-0.39, 0.29) is 0 Å². The van der Waals surface area contributed by atoms with E-state index in [0.29, 0.717) is 22.9 Å². The smallest absolute Gasteiger partial charge is 0.237 e. The van der Waals surface area contributed by atoms with E-state index >= 15 is 0 Å². The Hall–Kier alpha value is -2.06. The Bertz CT molecular complexity index is 717. The summed E-state index contributed by atoms with van der Waals surface area (Å²) >= 11 is 3.38. The molecule has 0 bridgehead atoms. The standard InChI is InChI=1S/C16H14BrN3O/c17-12-6-13(19)8-14(7-12)21-16-11(9-18)5-10-3-1-2-4-15(10)20-16/h5-8H,1-4,19H2. The van der Waals surface area contributed by atoms with Crippen molar-refractivity contribution >= 4 is 21.6 Å². The molecule has 2 N–H and O–H groups in total. The van der Waals surface area contributed by atoms with E-state index in [4.69, 9.17) is 10.5 Å². The zero-order chi connectivity index (χ0) is 14.8. The lowest BCUT2D eigenvalue weighted by atomic mass is 9.95. The van der Waals surface area contributed by atoms with Crippen LogP contribution in [0.25, 0.3) is 0 Å². The number of nitrogens with two attached hydrogens (primary N) is 1. The Morgan fingerprint density at radius 1 is 1.19 bits per heavy atom. The van der Waals surface area contributed by atoms with Crippen molar-refractivity contribution in [2.75, 3.05) is 5.73 Å². The minimum atomic E-state index is 0.357. The number of hydrogen-bond acceptors (Lipinski definition) is 4. The summed E-state index contributed by atoms with van der Waals surface area (Å²) in [7, 11) is 0. The van der Waals surface area contributed by atoms with E-state index in [0.717, 1.165) is 35.8 Å². The van der Waals surface area contributed by atoms with Crippen molar-refractivity contribution in [1.29, 1.82) is 5.26 Å². The fourth-order valence-electron chi connectivity index (χ4n) is 2.53. The maximum atomic E-state index is 9.30.